The second-order valence-corrected chi connectivity index (χ2v) is 9.36. The van der Waals surface area contributed by atoms with E-state index in [1.165, 1.54) is 5.56 Å². The van der Waals surface area contributed by atoms with Crippen LogP contribution in [0.1, 0.15) is 58.9 Å². The number of nitrogen functional groups attached to an aromatic ring is 1. The highest BCUT2D eigenvalue weighted by atomic mass is 16.6. The van der Waals surface area contributed by atoms with Crippen LogP contribution in [-0.2, 0) is 11.3 Å². The Labute approximate surface area is 166 Å². The minimum atomic E-state index is -0.866. The SMILES string of the molecule is CC(C)(O)Cn1c(N)nc2cc(C3CCN(C(=O)OC(C)(C)C)CC3)ccc21. The van der Waals surface area contributed by atoms with Gasteiger partial charge in [0.2, 0.25) is 5.95 Å². The number of ether oxygens (including phenoxy) is 1. The van der Waals surface area contributed by atoms with Gasteiger partial charge in [-0.05, 0) is 71.1 Å². The lowest BCUT2D eigenvalue weighted by atomic mass is 9.89. The molecule has 0 unspecified atom stereocenters. The third-order valence-corrected chi connectivity index (χ3v) is 4.96. The molecule has 3 rings (SSSR count). The normalized spacial score (nSPS) is 16.6. The lowest BCUT2D eigenvalue weighted by Crippen LogP contribution is -2.41. The van der Waals surface area contributed by atoms with Crippen molar-refractivity contribution in [3.05, 3.63) is 23.8 Å². The summed E-state index contributed by atoms with van der Waals surface area (Å²) in [7, 11) is 0. The molecule has 0 aliphatic carbocycles. The van der Waals surface area contributed by atoms with Crippen LogP contribution < -0.4 is 5.73 Å². The fourth-order valence-corrected chi connectivity index (χ4v) is 3.69. The molecule has 1 saturated heterocycles. The van der Waals surface area contributed by atoms with Crippen LogP contribution in [0.4, 0.5) is 10.7 Å². The second kappa shape index (κ2) is 7.28. The summed E-state index contributed by atoms with van der Waals surface area (Å²) in [6, 6.07) is 6.22. The number of anilines is 1. The average molecular weight is 389 g/mol. The molecule has 0 spiro atoms. The Bertz CT molecular complexity index is 853. The standard InChI is InChI=1S/C21H32N4O3/c1-20(2,3)28-19(26)24-10-8-14(9-11-24)15-6-7-17-16(12-15)23-18(22)25(17)13-21(4,5)27/h6-7,12,14,27H,8-11,13H2,1-5H3,(H2,22,23). The molecule has 154 valence electrons. The second-order valence-electron chi connectivity index (χ2n) is 9.36. The molecule has 0 bridgehead atoms. The number of imidazole rings is 1. The fraction of sp³-hybridized carbons (Fsp3) is 0.619. The van der Waals surface area contributed by atoms with Gasteiger partial charge in [-0.3, -0.25) is 0 Å². The van der Waals surface area contributed by atoms with Gasteiger partial charge in [0, 0.05) is 13.1 Å². The molecule has 2 aromatic rings. The van der Waals surface area contributed by atoms with Gasteiger partial charge in [-0.2, -0.15) is 0 Å². The fourth-order valence-electron chi connectivity index (χ4n) is 3.69. The van der Waals surface area contributed by atoms with Gasteiger partial charge in [0.05, 0.1) is 23.2 Å². The molecule has 1 aromatic heterocycles. The number of hydrogen-bond acceptors (Lipinski definition) is 5. The molecule has 2 heterocycles. The zero-order chi connectivity index (χ0) is 20.7. The summed E-state index contributed by atoms with van der Waals surface area (Å²) in [5.41, 5.74) is 7.72. The summed E-state index contributed by atoms with van der Waals surface area (Å²) in [6.07, 6.45) is 1.55. The van der Waals surface area contributed by atoms with Crippen molar-refractivity contribution in [2.75, 3.05) is 18.8 Å². The van der Waals surface area contributed by atoms with Crippen LogP contribution >= 0.6 is 0 Å². The molecule has 1 aliphatic rings. The number of fused-ring (bicyclic) bond motifs is 1. The van der Waals surface area contributed by atoms with E-state index in [-0.39, 0.29) is 6.09 Å². The predicted molar refractivity (Wildman–Crippen MR) is 110 cm³/mol. The maximum absolute atomic E-state index is 12.2. The molecule has 0 radical (unpaired) electrons. The summed E-state index contributed by atoms with van der Waals surface area (Å²) in [5.74, 6) is 0.790. The van der Waals surface area contributed by atoms with Crippen LogP contribution in [0.2, 0.25) is 0 Å². The van der Waals surface area contributed by atoms with Crippen LogP contribution in [0.3, 0.4) is 0 Å². The third kappa shape index (κ3) is 4.76. The van der Waals surface area contributed by atoms with Gasteiger partial charge in [0.1, 0.15) is 5.60 Å². The molecule has 1 aliphatic heterocycles. The number of aliphatic hydroxyl groups is 1. The quantitative estimate of drug-likeness (QED) is 0.839. The van der Waals surface area contributed by atoms with E-state index in [1.807, 2.05) is 31.4 Å². The number of piperidine rings is 1. The maximum atomic E-state index is 12.2. The Morgan fingerprint density at radius 3 is 2.46 bits per heavy atom. The average Bonchev–Trinajstić information content (AvgIpc) is 2.87. The zero-order valence-electron chi connectivity index (χ0n) is 17.5. The van der Waals surface area contributed by atoms with E-state index < -0.39 is 11.2 Å². The van der Waals surface area contributed by atoms with Crippen LogP contribution in [0.5, 0.6) is 0 Å². The molecule has 7 nitrogen and oxygen atoms in total. The van der Waals surface area contributed by atoms with E-state index in [4.69, 9.17) is 10.5 Å². The highest BCUT2D eigenvalue weighted by Crippen LogP contribution is 2.31. The number of rotatable bonds is 3. The first kappa shape index (κ1) is 20.5. The van der Waals surface area contributed by atoms with Gasteiger partial charge in [-0.15, -0.1) is 0 Å². The number of aromatic nitrogens is 2. The largest absolute Gasteiger partial charge is 0.444 e. The Morgan fingerprint density at radius 2 is 1.89 bits per heavy atom. The van der Waals surface area contributed by atoms with E-state index in [0.29, 0.717) is 31.5 Å². The Kier molecular flexibility index (Phi) is 5.32. The van der Waals surface area contributed by atoms with Crippen molar-refractivity contribution < 1.29 is 14.6 Å². The monoisotopic (exact) mass is 388 g/mol. The Morgan fingerprint density at radius 1 is 1.25 bits per heavy atom. The molecular formula is C21H32N4O3. The van der Waals surface area contributed by atoms with E-state index >= 15 is 0 Å². The molecule has 1 amide bonds. The van der Waals surface area contributed by atoms with E-state index in [0.717, 1.165) is 23.9 Å². The van der Waals surface area contributed by atoms with Crippen LogP contribution in [0.25, 0.3) is 11.0 Å². The topological polar surface area (TPSA) is 93.6 Å². The highest BCUT2D eigenvalue weighted by Gasteiger charge is 2.28. The lowest BCUT2D eigenvalue weighted by molar-refractivity contribution is 0.0204. The first-order valence-corrected chi connectivity index (χ1v) is 9.89. The van der Waals surface area contributed by atoms with Gasteiger partial charge in [0.25, 0.3) is 0 Å². The number of amides is 1. The number of benzene rings is 1. The van der Waals surface area contributed by atoms with Crippen LogP contribution in [-0.4, -0.2) is 49.9 Å². The van der Waals surface area contributed by atoms with Gasteiger partial charge in [-0.25, -0.2) is 9.78 Å². The number of nitrogens with two attached hydrogens (primary N) is 1. The number of likely N-dealkylation sites (tertiary alicyclic amines) is 1. The maximum Gasteiger partial charge on any atom is 0.410 e. The van der Waals surface area contributed by atoms with Gasteiger partial charge in [0.15, 0.2) is 0 Å². The van der Waals surface area contributed by atoms with Crippen molar-refractivity contribution in [2.45, 2.75) is 71.1 Å². The molecule has 0 atom stereocenters. The lowest BCUT2D eigenvalue weighted by Gasteiger charge is -2.33. The molecule has 0 saturated carbocycles. The molecule has 7 heteroatoms. The number of carbonyl (C=O) groups excluding carboxylic acids is 1. The summed E-state index contributed by atoms with van der Waals surface area (Å²) in [4.78, 5) is 18.5. The van der Waals surface area contributed by atoms with Crippen molar-refractivity contribution in [3.8, 4) is 0 Å². The summed E-state index contributed by atoms with van der Waals surface area (Å²) >= 11 is 0. The summed E-state index contributed by atoms with van der Waals surface area (Å²) < 4.78 is 7.32. The first-order chi connectivity index (χ1) is 12.9. The molecule has 3 N–H and O–H groups in total. The van der Waals surface area contributed by atoms with Gasteiger partial charge in [-0.1, -0.05) is 6.07 Å². The minimum absolute atomic E-state index is 0.237. The van der Waals surface area contributed by atoms with Crippen LogP contribution in [0.15, 0.2) is 18.2 Å². The predicted octanol–water partition coefficient (Wildman–Crippen LogP) is 3.50. The summed E-state index contributed by atoms with van der Waals surface area (Å²) in [5, 5.41) is 10.1. The number of carbonyl (C=O) groups is 1. The Balaban J connectivity index is 1.71. The Hall–Kier alpha value is -2.28. The van der Waals surface area contributed by atoms with Gasteiger partial charge < -0.3 is 25.0 Å². The third-order valence-electron chi connectivity index (χ3n) is 4.96. The van der Waals surface area contributed by atoms with Crippen molar-refractivity contribution in [1.82, 2.24) is 14.5 Å². The molecule has 1 fully saturated rings. The smallest absolute Gasteiger partial charge is 0.410 e. The zero-order valence-corrected chi connectivity index (χ0v) is 17.5. The molecule has 1 aromatic carbocycles. The summed E-state index contributed by atoms with van der Waals surface area (Å²) in [6.45, 7) is 10.9. The van der Waals surface area contributed by atoms with E-state index in [1.54, 1.807) is 18.7 Å². The van der Waals surface area contributed by atoms with Crippen LogP contribution in [0, 0.1) is 0 Å². The van der Waals surface area contributed by atoms with Crippen molar-refractivity contribution in [2.24, 2.45) is 0 Å². The molecular weight excluding hydrogens is 356 g/mol. The minimum Gasteiger partial charge on any atom is -0.444 e. The van der Waals surface area contributed by atoms with E-state index in [2.05, 4.69) is 17.1 Å². The van der Waals surface area contributed by atoms with Crippen molar-refractivity contribution in [3.63, 3.8) is 0 Å². The number of hydrogen-bond donors (Lipinski definition) is 2. The van der Waals surface area contributed by atoms with Crippen molar-refractivity contribution in [1.29, 1.82) is 0 Å². The van der Waals surface area contributed by atoms with E-state index in [9.17, 15) is 9.90 Å². The highest BCUT2D eigenvalue weighted by molar-refractivity contribution is 5.79. The number of nitrogens with zero attached hydrogens (tertiary/aromatic N) is 3. The molecule has 28 heavy (non-hydrogen) atoms. The van der Waals surface area contributed by atoms with Gasteiger partial charge >= 0.3 is 6.09 Å². The first-order valence-electron chi connectivity index (χ1n) is 9.89. The van der Waals surface area contributed by atoms with Crippen molar-refractivity contribution >= 4 is 23.1 Å².